The van der Waals surface area contributed by atoms with Crippen LogP contribution in [0.1, 0.15) is 17.5 Å². The van der Waals surface area contributed by atoms with Gasteiger partial charge in [0.05, 0.1) is 17.5 Å². The quantitative estimate of drug-likeness (QED) is 0.590. The predicted octanol–water partition coefficient (Wildman–Crippen LogP) is 2.86. The Bertz CT molecular complexity index is 714. The topological polar surface area (TPSA) is 37.4 Å². The molecule has 1 saturated heterocycles. The first-order chi connectivity index (χ1) is 10.6. The highest BCUT2D eigenvalue weighted by atomic mass is 16.2. The predicted molar refractivity (Wildman–Crippen MR) is 83.1 cm³/mol. The van der Waals surface area contributed by atoms with Crippen LogP contribution < -0.4 is 4.90 Å². The minimum atomic E-state index is -0.105. The lowest BCUT2D eigenvalue weighted by molar-refractivity contribution is -0.124. The largest absolute Gasteiger partial charge is 0.274 e. The van der Waals surface area contributed by atoms with Crippen molar-refractivity contribution in [3.63, 3.8) is 0 Å². The molecule has 0 unspecified atom stereocenters. The van der Waals surface area contributed by atoms with Crippen molar-refractivity contribution in [3.8, 4) is 0 Å². The lowest BCUT2D eigenvalue weighted by Gasteiger charge is -2.37. The first kappa shape index (κ1) is 12.6. The van der Waals surface area contributed by atoms with Gasteiger partial charge in [0.2, 0.25) is 11.8 Å². The summed E-state index contributed by atoms with van der Waals surface area (Å²) >= 11 is 0. The Balaban J connectivity index is 1.62. The summed E-state index contributed by atoms with van der Waals surface area (Å²) in [5.74, 6) is 1.77. The molecular weight excluding hydrogens is 274 g/mol. The number of benzene rings is 1. The second-order valence-electron chi connectivity index (χ2n) is 7.46. The molecule has 5 aliphatic rings. The molecule has 0 radical (unpaired) electrons. The van der Waals surface area contributed by atoms with E-state index in [4.69, 9.17) is 0 Å². The maximum Gasteiger partial charge on any atom is 0.238 e. The minimum absolute atomic E-state index is 0.0356. The number of carbonyl (C=O) groups is 2. The molecule has 0 spiro atoms. The number of hydrogen-bond donors (Lipinski definition) is 0. The highest BCUT2D eigenvalue weighted by Gasteiger charge is 2.67. The molecule has 6 rings (SSSR count). The molecule has 112 valence electrons. The first-order valence-corrected chi connectivity index (χ1v) is 8.21. The van der Waals surface area contributed by atoms with Crippen LogP contribution in [-0.4, -0.2) is 11.8 Å². The van der Waals surface area contributed by atoms with Crippen molar-refractivity contribution in [3.05, 3.63) is 41.5 Å². The number of aryl methyl sites for hydroxylation is 2. The fourth-order valence-electron chi connectivity index (χ4n) is 5.15. The molecule has 22 heavy (non-hydrogen) atoms. The van der Waals surface area contributed by atoms with Gasteiger partial charge in [0, 0.05) is 0 Å². The fourth-order valence-corrected chi connectivity index (χ4v) is 5.15. The van der Waals surface area contributed by atoms with Crippen molar-refractivity contribution < 1.29 is 9.59 Å². The van der Waals surface area contributed by atoms with Crippen LogP contribution >= 0.6 is 0 Å². The van der Waals surface area contributed by atoms with Crippen molar-refractivity contribution in [1.29, 1.82) is 0 Å². The van der Waals surface area contributed by atoms with Crippen LogP contribution in [0.25, 0.3) is 0 Å². The van der Waals surface area contributed by atoms with E-state index in [0.29, 0.717) is 23.7 Å². The Hall–Kier alpha value is -1.90. The standard InChI is InChI=1S/C19H19NO2/c1-9-3-4-10(2)15(7-9)20-18(21)16-11-5-6-12(14-8-13(11)14)17(16)19(20)22/h3-7,11-14,16-17H,8H2,1-2H3/t11-,12-,13-,14-,16+,17+/m0/s1. The van der Waals surface area contributed by atoms with Crippen molar-refractivity contribution in [2.75, 3.05) is 4.90 Å². The lowest BCUT2D eigenvalue weighted by atomic mass is 9.63. The van der Waals surface area contributed by atoms with Gasteiger partial charge in [0.1, 0.15) is 0 Å². The zero-order valence-electron chi connectivity index (χ0n) is 12.8. The van der Waals surface area contributed by atoms with E-state index >= 15 is 0 Å². The van der Waals surface area contributed by atoms with E-state index in [0.717, 1.165) is 16.8 Å². The highest BCUT2D eigenvalue weighted by molar-refractivity contribution is 6.23. The average Bonchev–Trinajstić information content (AvgIpc) is 3.28. The molecule has 2 saturated carbocycles. The van der Waals surface area contributed by atoms with Crippen LogP contribution in [0.5, 0.6) is 0 Å². The van der Waals surface area contributed by atoms with Crippen molar-refractivity contribution in [2.24, 2.45) is 35.5 Å². The Morgan fingerprint density at radius 1 is 0.955 bits per heavy atom. The van der Waals surface area contributed by atoms with Gasteiger partial charge in [-0.25, -0.2) is 4.90 Å². The molecule has 0 aromatic heterocycles. The average molecular weight is 293 g/mol. The third-order valence-corrected chi connectivity index (χ3v) is 6.27. The van der Waals surface area contributed by atoms with Gasteiger partial charge in [-0.2, -0.15) is 0 Å². The normalized spacial score (nSPS) is 40.9. The van der Waals surface area contributed by atoms with Gasteiger partial charge in [-0.1, -0.05) is 24.3 Å². The van der Waals surface area contributed by atoms with E-state index in [9.17, 15) is 9.59 Å². The van der Waals surface area contributed by atoms with Crippen molar-refractivity contribution in [2.45, 2.75) is 20.3 Å². The first-order valence-electron chi connectivity index (χ1n) is 8.21. The van der Waals surface area contributed by atoms with E-state index < -0.39 is 0 Å². The second kappa shape index (κ2) is 3.89. The van der Waals surface area contributed by atoms with Crippen LogP contribution in [0.4, 0.5) is 5.69 Å². The van der Waals surface area contributed by atoms with Crippen molar-refractivity contribution in [1.82, 2.24) is 0 Å². The number of carbonyl (C=O) groups excluding carboxylic acids is 2. The van der Waals surface area contributed by atoms with Gasteiger partial charge >= 0.3 is 0 Å². The molecule has 2 bridgehead atoms. The molecule has 2 amide bonds. The monoisotopic (exact) mass is 293 g/mol. The third-order valence-electron chi connectivity index (χ3n) is 6.27. The van der Waals surface area contributed by atoms with E-state index in [1.807, 2.05) is 32.0 Å². The summed E-state index contributed by atoms with van der Waals surface area (Å²) in [6.45, 7) is 3.98. The number of imide groups is 1. The van der Waals surface area contributed by atoms with E-state index in [1.165, 1.54) is 11.3 Å². The molecule has 0 N–H and O–H groups in total. The summed E-state index contributed by atoms with van der Waals surface area (Å²) in [4.78, 5) is 27.6. The zero-order chi connectivity index (χ0) is 15.2. The van der Waals surface area contributed by atoms with Crippen LogP contribution in [-0.2, 0) is 9.59 Å². The number of allylic oxidation sites excluding steroid dienone is 2. The smallest absolute Gasteiger partial charge is 0.238 e. The molecule has 1 heterocycles. The molecule has 3 nitrogen and oxygen atoms in total. The second-order valence-corrected chi connectivity index (χ2v) is 7.46. The molecule has 3 heteroatoms. The summed E-state index contributed by atoms with van der Waals surface area (Å²) in [5, 5.41) is 0. The summed E-state index contributed by atoms with van der Waals surface area (Å²) in [6.07, 6.45) is 5.65. The molecule has 3 fully saturated rings. The number of amides is 2. The minimum Gasteiger partial charge on any atom is -0.274 e. The molecule has 6 atom stereocenters. The summed E-state index contributed by atoms with van der Waals surface area (Å²) in [7, 11) is 0. The lowest BCUT2D eigenvalue weighted by Crippen LogP contribution is -2.40. The number of rotatable bonds is 1. The number of hydrogen-bond acceptors (Lipinski definition) is 2. The fraction of sp³-hybridized carbons (Fsp3) is 0.474. The molecular formula is C19H19NO2. The van der Waals surface area contributed by atoms with E-state index in [2.05, 4.69) is 12.2 Å². The van der Waals surface area contributed by atoms with Gasteiger partial charge < -0.3 is 0 Å². The number of anilines is 1. The van der Waals surface area contributed by atoms with Gasteiger partial charge in [0.15, 0.2) is 0 Å². The van der Waals surface area contributed by atoms with Crippen LogP contribution in [0.2, 0.25) is 0 Å². The van der Waals surface area contributed by atoms with Gasteiger partial charge in [-0.05, 0) is 61.1 Å². The van der Waals surface area contributed by atoms with E-state index in [1.54, 1.807) is 0 Å². The van der Waals surface area contributed by atoms with Gasteiger partial charge in [-0.3, -0.25) is 9.59 Å². The Morgan fingerprint density at radius 3 is 2.14 bits per heavy atom. The van der Waals surface area contributed by atoms with E-state index in [-0.39, 0.29) is 23.7 Å². The zero-order valence-corrected chi connectivity index (χ0v) is 12.8. The van der Waals surface area contributed by atoms with Gasteiger partial charge in [0.25, 0.3) is 0 Å². The third kappa shape index (κ3) is 1.37. The van der Waals surface area contributed by atoms with Crippen LogP contribution in [0, 0.1) is 49.4 Å². The Labute approximate surface area is 130 Å². The molecule has 1 aromatic rings. The molecule has 1 aromatic carbocycles. The summed E-state index contributed by atoms with van der Waals surface area (Å²) < 4.78 is 0. The molecule has 4 aliphatic carbocycles. The van der Waals surface area contributed by atoms with Crippen LogP contribution in [0.15, 0.2) is 30.4 Å². The SMILES string of the molecule is Cc1ccc(C)c(N2C(=O)[C@@H]3[C@H]4C=C[C@@H]([C@@H]5C[C@@H]45)[C@H]3C2=O)c1. The highest BCUT2D eigenvalue weighted by Crippen LogP contribution is 2.65. The maximum absolute atomic E-state index is 13.0. The Morgan fingerprint density at radius 2 is 1.55 bits per heavy atom. The van der Waals surface area contributed by atoms with Crippen molar-refractivity contribution >= 4 is 17.5 Å². The summed E-state index contributed by atoms with van der Waals surface area (Å²) in [6, 6.07) is 5.99. The number of nitrogens with zero attached hydrogens (tertiary/aromatic N) is 1. The Kier molecular flexibility index (Phi) is 2.23. The summed E-state index contributed by atoms with van der Waals surface area (Å²) in [5.41, 5.74) is 2.87. The van der Waals surface area contributed by atoms with Gasteiger partial charge in [-0.15, -0.1) is 0 Å². The maximum atomic E-state index is 13.0. The molecule has 1 aliphatic heterocycles. The van der Waals surface area contributed by atoms with Crippen LogP contribution in [0.3, 0.4) is 0 Å².